The number of rotatable bonds is 8. The van der Waals surface area contributed by atoms with Crippen LogP contribution in [0.25, 0.3) is 16.8 Å². The van der Waals surface area contributed by atoms with Gasteiger partial charge >= 0.3 is 0 Å². The number of amidine groups is 1. The summed E-state index contributed by atoms with van der Waals surface area (Å²) >= 11 is 3.65. The average Bonchev–Trinajstić information content (AvgIpc) is 3.29. The van der Waals surface area contributed by atoms with Crippen LogP contribution in [0.2, 0.25) is 0 Å². The van der Waals surface area contributed by atoms with Gasteiger partial charge in [0.15, 0.2) is 16.7 Å². The third kappa shape index (κ3) is 6.68. The molecule has 1 amide bonds. The molecule has 0 aromatic heterocycles. The Hall–Kier alpha value is -3.54. The van der Waals surface area contributed by atoms with Crippen LogP contribution in [-0.2, 0) is 16.1 Å². The van der Waals surface area contributed by atoms with E-state index in [2.05, 4.69) is 70.0 Å². The number of ether oxygens (including phenoxy) is 3. The van der Waals surface area contributed by atoms with Gasteiger partial charge in [-0.15, -0.1) is 0 Å². The summed E-state index contributed by atoms with van der Waals surface area (Å²) in [6, 6.07) is 26.6. The standard InChI is InChI=1S/C34H32IN3O4S/c1-3-41-30-20-23(19-29(35)32(30)42-22-25-9-6-8-24-7-4-5-10-28(24)25)21-31-33(39)37(2)34(43-31)36-26-11-13-27(14-12-26)38-15-17-40-18-16-38/h4-14,19-21H,3,15-18,22H2,1-2H3/b31-21-,36-34?. The molecule has 4 aromatic carbocycles. The van der Waals surface area contributed by atoms with Gasteiger partial charge < -0.3 is 19.1 Å². The number of hydrogen-bond donors (Lipinski definition) is 0. The van der Waals surface area contributed by atoms with E-state index in [1.54, 1.807) is 11.9 Å². The van der Waals surface area contributed by atoms with Crippen molar-refractivity contribution in [2.45, 2.75) is 13.5 Å². The van der Waals surface area contributed by atoms with E-state index in [9.17, 15) is 4.79 Å². The Kier molecular flexibility index (Phi) is 9.20. The number of benzene rings is 4. The maximum atomic E-state index is 13.2. The van der Waals surface area contributed by atoms with E-state index in [4.69, 9.17) is 19.2 Å². The first-order chi connectivity index (χ1) is 21.0. The number of halogens is 1. The summed E-state index contributed by atoms with van der Waals surface area (Å²) in [5.74, 6) is 1.26. The molecular formula is C34H32IN3O4S. The molecule has 2 heterocycles. The number of morpholine rings is 1. The van der Waals surface area contributed by atoms with Crippen LogP contribution in [-0.4, -0.2) is 55.9 Å². The van der Waals surface area contributed by atoms with Crippen LogP contribution < -0.4 is 14.4 Å². The zero-order valence-electron chi connectivity index (χ0n) is 24.1. The second kappa shape index (κ2) is 13.4. The number of nitrogens with zero attached hydrogens (tertiary/aromatic N) is 3. The first kappa shape index (κ1) is 29.5. The second-order valence-electron chi connectivity index (χ2n) is 10.2. The van der Waals surface area contributed by atoms with Crippen LogP contribution in [0.1, 0.15) is 18.1 Å². The highest BCUT2D eigenvalue weighted by molar-refractivity contribution is 14.1. The predicted octanol–water partition coefficient (Wildman–Crippen LogP) is 7.49. The number of anilines is 1. The molecule has 7 nitrogen and oxygen atoms in total. The quantitative estimate of drug-likeness (QED) is 0.140. The van der Waals surface area contributed by atoms with Crippen molar-refractivity contribution >= 4 is 73.7 Å². The zero-order chi connectivity index (χ0) is 29.8. The van der Waals surface area contributed by atoms with Crippen LogP contribution in [0.3, 0.4) is 0 Å². The van der Waals surface area contributed by atoms with Gasteiger partial charge in [-0.25, -0.2) is 4.99 Å². The van der Waals surface area contributed by atoms with Gasteiger partial charge in [0.2, 0.25) is 0 Å². The summed E-state index contributed by atoms with van der Waals surface area (Å²) < 4.78 is 18.7. The van der Waals surface area contributed by atoms with Crippen LogP contribution in [0, 0.1) is 3.57 Å². The lowest BCUT2D eigenvalue weighted by Gasteiger charge is -2.28. The molecule has 0 aliphatic carbocycles. The van der Waals surface area contributed by atoms with E-state index in [0.29, 0.717) is 34.8 Å². The van der Waals surface area contributed by atoms with E-state index in [-0.39, 0.29) is 5.91 Å². The van der Waals surface area contributed by atoms with Crippen LogP contribution >= 0.6 is 34.4 Å². The maximum absolute atomic E-state index is 13.2. The summed E-state index contributed by atoms with van der Waals surface area (Å²) in [5, 5.41) is 3.00. The van der Waals surface area contributed by atoms with Gasteiger partial charge in [0.1, 0.15) is 6.61 Å². The number of carbonyl (C=O) groups excluding carboxylic acids is 1. The lowest BCUT2D eigenvalue weighted by atomic mass is 10.1. The summed E-state index contributed by atoms with van der Waals surface area (Å²) in [6.45, 7) is 6.13. The molecule has 2 aliphatic rings. The fraction of sp³-hybridized carbons (Fsp3) is 0.235. The molecule has 0 bridgehead atoms. The first-order valence-corrected chi connectivity index (χ1v) is 16.1. The van der Waals surface area contributed by atoms with Gasteiger partial charge in [0.05, 0.1) is 34.0 Å². The molecule has 2 saturated heterocycles. The van der Waals surface area contributed by atoms with E-state index < -0.39 is 0 Å². The van der Waals surface area contributed by atoms with Gasteiger partial charge in [-0.1, -0.05) is 42.5 Å². The van der Waals surface area contributed by atoms with Gasteiger partial charge in [-0.05, 0) is 106 Å². The Labute approximate surface area is 269 Å². The Bertz CT molecular complexity index is 1690. The molecule has 6 rings (SSSR count). The molecule has 220 valence electrons. The zero-order valence-corrected chi connectivity index (χ0v) is 27.1. The minimum atomic E-state index is -0.0852. The van der Waals surface area contributed by atoms with E-state index >= 15 is 0 Å². The van der Waals surface area contributed by atoms with Crippen molar-refractivity contribution in [2.24, 2.45) is 4.99 Å². The highest BCUT2D eigenvalue weighted by Gasteiger charge is 2.30. The van der Waals surface area contributed by atoms with Crippen molar-refractivity contribution < 1.29 is 19.0 Å². The smallest absolute Gasteiger partial charge is 0.266 e. The Morgan fingerprint density at radius 3 is 2.56 bits per heavy atom. The number of carbonyl (C=O) groups is 1. The Morgan fingerprint density at radius 2 is 1.77 bits per heavy atom. The molecule has 4 aromatic rings. The summed E-state index contributed by atoms with van der Waals surface area (Å²) in [4.78, 5) is 22.5. The van der Waals surface area contributed by atoms with Crippen molar-refractivity contribution in [1.82, 2.24) is 4.90 Å². The third-order valence-electron chi connectivity index (χ3n) is 7.34. The molecule has 0 atom stereocenters. The summed E-state index contributed by atoms with van der Waals surface area (Å²) in [7, 11) is 1.76. The molecule has 0 spiro atoms. The van der Waals surface area contributed by atoms with Gasteiger partial charge in [0, 0.05) is 25.8 Å². The number of hydrogen-bond acceptors (Lipinski definition) is 7. The normalized spacial score (nSPS) is 17.3. The lowest BCUT2D eigenvalue weighted by molar-refractivity contribution is -0.121. The van der Waals surface area contributed by atoms with Crippen molar-refractivity contribution in [3.63, 3.8) is 0 Å². The number of amides is 1. The van der Waals surface area contributed by atoms with Crippen molar-refractivity contribution in [3.05, 3.63) is 98.5 Å². The van der Waals surface area contributed by atoms with Gasteiger partial charge in [-0.3, -0.25) is 9.69 Å². The fourth-order valence-electron chi connectivity index (χ4n) is 5.12. The monoisotopic (exact) mass is 705 g/mol. The van der Waals surface area contributed by atoms with Crippen LogP contribution in [0.5, 0.6) is 11.5 Å². The first-order valence-electron chi connectivity index (χ1n) is 14.2. The Balaban J connectivity index is 1.21. The summed E-state index contributed by atoms with van der Waals surface area (Å²) in [5.41, 5.74) is 3.94. The van der Waals surface area contributed by atoms with E-state index in [0.717, 1.165) is 52.4 Å². The molecule has 2 fully saturated rings. The van der Waals surface area contributed by atoms with E-state index in [1.807, 2.05) is 49.4 Å². The number of fused-ring (bicyclic) bond motifs is 1. The second-order valence-corrected chi connectivity index (χ2v) is 12.3. The average molecular weight is 706 g/mol. The third-order valence-corrected chi connectivity index (χ3v) is 9.20. The molecule has 43 heavy (non-hydrogen) atoms. The van der Waals surface area contributed by atoms with Crippen LogP contribution in [0.4, 0.5) is 11.4 Å². The van der Waals surface area contributed by atoms with E-state index in [1.165, 1.54) is 22.5 Å². The molecule has 0 radical (unpaired) electrons. The van der Waals surface area contributed by atoms with Crippen LogP contribution in [0.15, 0.2) is 88.8 Å². The topological polar surface area (TPSA) is 63.6 Å². The lowest BCUT2D eigenvalue weighted by Crippen LogP contribution is -2.36. The highest BCUT2D eigenvalue weighted by atomic mass is 127. The molecule has 9 heteroatoms. The highest BCUT2D eigenvalue weighted by Crippen LogP contribution is 2.38. The molecule has 2 aliphatic heterocycles. The minimum Gasteiger partial charge on any atom is -0.490 e. The fourth-order valence-corrected chi connectivity index (χ4v) is 6.88. The number of aliphatic imine (C=N–C) groups is 1. The predicted molar refractivity (Wildman–Crippen MR) is 184 cm³/mol. The van der Waals surface area contributed by atoms with Gasteiger partial charge in [0.25, 0.3) is 5.91 Å². The van der Waals surface area contributed by atoms with Gasteiger partial charge in [-0.2, -0.15) is 0 Å². The molecule has 0 unspecified atom stereocenters. The SMILES string of the molecule is CCOc1cc(/C=C2\SC(=Nc3ccc(N4CCOCC4)cc3)N(C)C2=O)cc(I)c1OCc1cccc2ccccc12. The maximum Gasteiger partial charge on any atom is 0.266 e. The largest absolute Gasteiger partial charge is 0.490 e. The number of thioether (sulfide) groups is 1. The van der Waals surface area contributed by atoms with Crippen molar-refractivity contribution in [3.8, 4) is 11.5 Å². The molecular weight excluding hydrogens is 673 g/mol. The molecule has 0 saturated carbocycles. The molecule has 0 N–H and O–H groups in total. The minimum absolute atomic E-state index is 0.0852. The van der Waals surface area contributed by atoms with Crippen molar-refractivity contribution in [1.29, 1.82) is 0 Å². The number of likely N-dealkylation sites (N-methyl/N-ethyl adjacent to an activating group) is 1. The summed E-state index contributed by atoms with van der Waals surface area (Å²) in [6.07, 6.45) is 1.90. The van der Waals surface area contributed by atoms with Crippen molar-refractivity contribution in [2.75, 3.05) is 44.9 Å². The Morgan fingerprint density at radius 1 is 1.00 bits per heavy atom.